The largest absolute Gasteiger partial charge is 0.480 e. The van der Waals surface area contributed by atoms with E-state index in [1.165, 1.54) is 0 Å². The van der Waals surface area contributed by atoms with Crippen molar-refractivity contribution in [2.45, 2.75) is 25.3 Å². The highest BCUT2D eigenvalue weighted by molar-refractivity contribution is 5.73. The summed E-state index contributed by atoms with van der Waals surface area (Å²) in [6.45, 7) is 2.38. The molecule has 1 aliphatic heterocycles. The topological polar surface area (TPSA) is 66.6 Å². The van der Waals surface area contributed by atoms with Gasteiger partial charge in [0.15, 0.2) is 0 Å². The van der Waals surface area contributed by atoms with E-state index in [2.05, 4.69) is 0 Å². The second-order valence-electron chi connectivity index (χ2n) is 3.17. The van der Waals surface area contributed by atoms with Gasteiger partial charge in [-0.3, -0.25) is 9.69 Å². The molecule has 70 valence electrons. The Morgan fingerprint density at radius 1 is 1.67 bits per heavy atom. The average Bonchev–Trinajstić information content (AvgIpc) is 2.48. The van der Waals surface area contributed by atoms with E-state index in [-0.39, 0.29) is 6.04 Å². The summed E-state index contributed by atoms with van der Waals surface area (Å²) in [5, 5.41) is 8.81. The van der Waals surface area contributed by atoms with Gasteiger partial charge in [0, 0.05) is 6.54 Å². The molecule has 0 saturated carbocycles. The molecule has 1 saturated heterocycles. The van der Waals surface area contributed by atoms with Crippen molar-refractivity contribution in [3.8, 4) is 0 Å². The van der Waals surface area contributed by atoms with E-state index in [9.17, 15) is 4.79 Å². The van der Waals surface area contributed by atoms with E-state index >= 15 is 0 Å². The van der Waals surface area contributed by atoms with Crippen LogP contribution in [-0.2, 0) is 4.79 Å². The van der Waals surface area contributed by atoms with Crippen molar-refractivity contribution in [2.75, 3.05) is 19.6 Å². The third-order valence-electron chi connectivity index (χ3n) is 2.30. The molecular formula is C8H16N2O2. The molecule has 0 aromatic carbocycles. The Hall–Kier alpha value is -0.610. The Bertz CT molecular complexity index is 161. The number of aliphatic carboxylic acids is 1. The first-order valence-electron chi connectivity index (χ1n) is 4.42. The minimum atomic E-state index is -0.690. The van der Waals surface area contributed by atoms with Gasteiger partial charge in [0.1, 0.15) is 6.04 Å². The highest BCUT2D eigenvalue weighted by atomic mass is 16.4. The lowest BCUT2D eigenvalue weighted by Gasteiger charge is -2.20. The zero-order chi connectivity index (χ0) is 8.97. The van der Waals surface area contributed by atoms with Gasteiger partial charge < -0.3 is 10.8 Å². The Labute approximate surface area is 72.3 Å². The Balaban J connectivity index is 2.35. The molecule has 12 heavy (non-hydrogen) atoms. The van der Waals surface area contributed by atoms with Crippen LogP contribution in [0.25, 0.3) is 0 Å². The SMILES string of the molecule is NCCCN1CCC[C@H]1C(=O)O. The maximum Gasteiger partial charge on any atom is 0.320 e. The van der Waals surface area contributed by atoms with E-state index in [0.29, 0.717) is 6.54 Å². The first-order valence-corrected chi connectivity index (χ1v) is 4.42. The van der Waals surface area contributed by atoms with Crippen LogP contribution in [0.3, 0.4) is 0 Å². The van der Waals surface area contributed by atoms with E-state index < -0.39 is 5.97 Å². The second kappa shape index (κ2) is 4.42. The molecule has 0 aliphatic carbocycles. The van der Waals surface area contributed by atoms with E-state index in [4.69, 9.17) is 10.8 Å². The van der Waals surface area contributed by atoms with Crippen molar-refractivity contribution < 1.29 is 9.90 Å². The number of rotatable bonds is 4. The van der Waals surface area contributed by atoms with E-state index in [1.807, 2.05) is 4.90 Å². The summed E-state index contributed by atoms with van der Waals surface area (Å²) >= 11 is 0. The summed E-state index contributed by atoms with van der Waals surface area (Å²) in [7, 11) is 0. The molecule has 4 nitrogen and oxygen atoms in total. The predicted octanol–water partition coefficient (Wildman–Crippen LogP) is -0.116. The third kappa shape index (κ3) is 2.19. The summed E-state index contributed by atoms with van der Waals surface area (Å²) in [6, 6.07) is -0.253. The number of nitrogens with zero attached hydrogens (tertiary/aromatic N) is 1. The lowest BCUT2D eigenvalue weighted by molar-refractivity contribution is -0.142. The molecule has 0 spiro atoms. The summed E-state index contributed by atoms with van der Waals surface area (Å²) in [6.07, 6.45) is 2.69. The fourth-order valence-corrected chi connectivity index (χ4v) is 1.67. The first-order chi connectivity index (χ1) is 5.75. The first kappa shape index (κ1) is 9.48. The minimum absolute atomic E-state index is 0.253. The minimum Gasteiger partial charge on any atom is -0.480 e. The van der Waals surface area contributed by atoms with Crippen molar-refractivity contribution in [2.24, 2.45) is 5.73 Å². The standard InChI is InChI=1S/C8H16N2O2/c9-4-2-6-10-5-1-3-7(10)8(11)12/h7H,1-6,9H2,(H,11,12)/t7-/m0/s1. The van der Waals surface area contributed by atoms with Crippen LogP contribution >= 0.6 is 0 Å². The second-order valence-corrected chi connectivity index (χ2v) is 3.17. The monoisotopic (exact) mass is 172 g/mol. The van der Waals surface area contributed by atoms with Crippen molar-refractivity contribution in [3.05, 3.63) is 0 Å². The molecule has 0 aromatic heterocycles. The number of carboxylic acids is 1. The molecule has 1 fully saturated rings. The van der Waals surface area contributed by atoms with Crippen LogP contribution < -0.4 is 5.73 Å². The normalized spacial score (nSPS) is 24.6. The molecule has 0 amide bonds. The van der Waals surface area contributed by atoms with Crippen molar-refractivity contribution in [1.29, 1.82) is 0 Å². The molecule has 0 radical (unpaired) electrons. The Morgan fingerprint density at radius 2 is 2.42 bits per heavy atom. The highest BCUT2D eigenvalue weighted by Crippen LogP contribution is 2.16. The molecule has 0 aromatic rings. The van der Waals surface area contributed by atoms with Crippen LogP contribution in [0.1, 0.15) is 19.3 Å². The van der Waals surface area contributed by atoms with Gasteiger partial charge >= 0.3 is 5.97 Å². The maximum atomic E-state index is 10.7. The van der Waals surface area contributed by atoms with Crippen LogP contribution in [0.4, 0.5) is 0 Å². The highest BCUT2D eigenvalue weighted by Gasteiger charge is 2.29. The Kier molecular flexibility index (Phi) is 3.49. The van der Waals surface area contributed by atoms with Crippen LogP contribution in [0.15, 0.2) is 0 Å². The molecule has 1 heterocycles. The molecule has 0 bridgehead atoms. The molecule has 4 heteroatoms. The van der Waals surface area contributed by atoms with Gasteiger partial charge in [0.2, 0.25) is 0 Å². The number of likely N-dealkylation sites (tertiary alicyclic amines) is 1. The smallest absolute Gasteiger partial charge is 0.320 e. The lowest BCUT2D eigenvalue weighted by Crippen LogP contribution is -2.37. The number of carbonyl (C=O) groups is 1. The number of hydrogen-bond donors (Lipinski definition) is 2. The average molecular weight is 172 g/mol. The van der Waals surface area contributed by atoms with E-state index in [0.717, 1.165) is 32.4 Å². The zero-order valence-corrected chi connectivity index (χ0v) is 7.20. The summed E-state index contributed by atoms with van der Waals surface area (Å²) in [5.41, 5.74) is 5.35. The molecule has 0 unspecified atom stereocenters. The molecule has 1 rings (SSSR count). The summed E-state index contributed by atoms with van der Waals surface area (Å²) in [5.74, 6) is -0.690. The van der Waals surface area contributed by atoms with Gasteiger partial charge in [-0.15, -0.1) is 0 Å². The van der Waals surface area contributed by atoms with Crippen LogP contribution in [0.5, 0.6) is 0 Å². The van der Waals surface area contributed by atoms with Gasteiger partial charge in [-0.05, 0) is 32.4 Å². The summed E-state index contributed by atoms with van der Waals surface area (Å²) in [4.78, 5) is 12.7. The Morgan fingerprint density at radius 3 is 3.00 bits per heavy atom. The molecular weight excluding hydrogens is 156 g/mol. The van der Waals surface area contributed by atoms with Crippen molar-refractivity contribution >= 4 is 5.97 Å². The van der Waals surface area contributed by atoms with Gasteiger partial charge in [0.05, 0.1) is 0 Å². The van der Waals surface area contributed by atoms with Crippen molar-refractivity contribution in [3.63, 3.8) is 0 Å². The fourth-order valence-electron chi connectivity index (χ4n) is 1.67. The van der Waals surface area contributed by atoms with Crippen LogP contribution in [0.2, 0.25) is 0 Å². The van der Waals surface area contributed by atoms with Gasteiger partial charge in [0.25, 0.3) is 0 Å². The summed E-state index contributed by atoms with van der Waals surface area (Å²) < 4.78 is 0. The maximum absolute atomic E-state index is 10.7. The van der Waals surface area contributed by atoms with Gasteiger partial charge in [-0.2, -0.15) is 0 Å². The fraction of sp³-hybridized carbons (Fsp3) is 0.875. The number of nitrogens with two attached hydrogens (primary N) is 1. The zero-order valence-electron chi connectivity index (χ0n) is 7.20. The molecule has 1 aliphatic rings. The molecule has 1 atom stereocenters. The number of carboxylic acid groups (broad SMARTS) is 1. The van der Waals surface area contributed by atoms with E-state index in [1.54, 1.807) is 0 Å². The van der Waals surface area contributed by atoms with Crippen molar-refractivity contribution in [1.82, 2.24) is 4.90 Å². The lowest BCUT2D eigenvalue weighted by atomic mass is 10.2. The molecule has 3 N–H and O–H groups in total. The number of hydrogen-bond acceptors (Lipinski definition) is 3. The van der Waals surface area contributed by atoms with Crippen LogP contribution in [0, 0.1) is 0 Å². The quantitative estimate of drug-likeness (QED) is 0.620. The predicted molar refractivity (Wildman–Crippen MR) is 45.9 cm³/mol. The van der Waals surface area contributed by atoms with Crippen LogP contribution in [-0.4, -0.2) is 41.7 Å². The van der Waals surface area contributed by atoms with Gasteiger partial charge in [-0.25, -0.2) is 0 Å². The third-order valence-corrected chi connectivity index (χ3v) is 2.30. The van der Waals surface area contributed by atoms with Gasteiger partial charge in [-0.1, -0.05) is 0 Å².